The van der Waals surface area contributed by atoms with E-state index < -0.39 is 0 Å². The Morgan fingerprint density at radius 2 is 2.21 bits per heavy atom. The normalized spacial score (nSPS) is 36.4. The molecule has 1 saturated carbocycles. The molecule has 0 unspecified atom stereocenters. The molecular weight excluding hydrogens is 196 g/mol. The van der Waals surface area contributed by atoms with Crippen molar-refractivity contribution in [2.75, 3.05) is 12.3 Å². The van der Waals surface area contributed by atoms with Crippen molar-refractivity contribution in [3.63, 3.8) is 0 Å². The van der Waals surface area contributed by atoms with Crippen molar-refractivity contribution in [2.24, 2.45) is 10.9 Å². The Balaban J connectivity index is 1.93. The fraction of sp³-hybridized carbons (Fsp3) is 0.800. The number of hydrogen-bond donors (Lipinski definition) is 0. The van der Waals surface area contributed by atoms with Crippen LogP contribution >= 0.6 is 11.8 Å². The molecule has 3 nitrogen and oxygen atoms in total. The lowest BCUT2D eigenvalue weighted by molar-refractivity contribution is -0.133. The first-order chi connectivity index (χ1) is 6.86. The molecule has 0 bridgehead atoms. The van der Waals surface area contributed by atoms with Gasteiger partial charge in [-0.3, -0.25) is 14.7 Å². The predicted molar refractivity (Wildman–Crippen MR) is 57.4 cm³/mol. The number of amides is 1. The fourth-order valence-corrected chi connectivity index (χ4v) is 3.61. The maximum atomic E-state index is 12.1. The second kappa shape index (κ2) is 3.26. The highest BCUT2D eigenvalue weighted by Gasteiger charge is 2.41. The first kappa shape index (κ1) is 8.77. The molecule has 0 radical (unpaired) electrons. The van der Waals surface area contributed by atoms with Crippen molar-refractivity contribution in [1.29, 1.82) is 0 Å². The topological polar surface area (TPSA) is 32.7 Å². The number of nitrogens with zero attached hydrogens (tertiary/aromatic N) is 2. The van der Waals surface area contributed by atoms with Crippen LogP contribution in [0.3, 0.4) is 0 Å². The van der Waals surface area contributed by atoms with E-state index in [0.717, 1.165) is 30.3 Å². The summed E-state index contributed by atoms with van der Waals surface area (Å²) >= 11 is 1.74. The van der Waals surface area contributed by atoms with E-state index in [1.165, 1.54) is 12.8 Å². The predicted octanol–water partition coefficient (Wildman–Crippen LogP) is 1.49. The van der Waals surface area contributed by atoms with Crippen LogP contribution in [0.1, 0.15) is 25.7 Å². The number of hydrogen-bond acceptors (Lipinski definition) is 3. The zero-order valence-electron chi connectivity index (χ0n) is 8.11. The number of amidine groups is 1. The third-order valence-electron chi connectivity index (χ3n) is 3.37. The summed E-state index contributed by atoms with van der Waals surface area (Å²) in [5.41, 5.74) is 0. The van der Waals surface area contributed by atoms with Gasteiger partial charge in [-0.05, 0) is 12.8 Å². The maximum absolute atomic E-state index is 12.1. The summed E-state index contributed by atoms with van der Waals surface area (Å²) in [5, 5.41) is 0.998. The zero-order valence-corrected chi connectivity index (χ0v) is 8.92. The standard InChI is InChI=1S/C10H14N2OS/c13-9-7-3-1-2-4-8(7)11-10-12(9)5-6-14-10/h7-8H,1-6H2/t7-,8-/m1/s1. The summed E-state index contributed by atoms with van der Waals surface area (Å²) in [6.07, 6.45) is 4.63. The Kier molecular flexibility index (Phi) is 2.04. The van der Waals surface area contributed by atoms with Gasteiger partial charge in [0, 0.05) is 12.3 Å². The van der Waals surface area contributed by atoms with Crippen LogP contribution in [-0.4, -0.2) is 34.3 Å². The molecule has 0 aromatic carbocycles. The minimum absolute atomic E-state index is 0.214. The summed E-state index contributed by atoms with van der Waals surface area (Å²) in [7, 11) is 0. The van der Waals surface area contributed by atoms with Gasteiger partial charge < -0.3 is 0 Å². The molecule has 1 saturated heterocycles. The highest BCUT2D eigenvalue weighted by atomic mass is 32.2. The Bertz CT molecular complexity index is 302. The van der Waals surface area contributed by atoms with E-state index in [-0.39, 0.29) is 5.92 Å². The molecule has 3 aliphatic rings. The number of aliphatic imine (C=N–C) groups is 1. The van der Waals surface area contributed by atoms with Gasteiger partial charge in [-0.25, -0.2) is 0 Å². The highest BCUT2D eigenvalue weighted by Crippen LogP contribution is 2.35. The molecule has 4 heteroatoms. The van der Waals surface area contributed by atoms with E-state index >= 15 is 0 Å². The lowest BCUT2D eigenvalue weighted by Gasteiger charge is -2.35. The largest absolute Gasteiger partial charge is 0.290 e. The quantitative estimate of drug-likeness (QED) is 0.607. The molecule has 0 N–H and O–H groups in total. The molecule has 0 spiro atoms. The second-order valence-electron chi connectivity index (χ2n) is 4.21. The first-order valence-electron chi connectivity index (χ1n) is 5.38. The lowest BCUT2D eigenvalue weighted by Crippen LogP contribution is -2.46. The molecule has 2 fully saturated rings. The average Bonchev–Trinajstić information content (AvgIpc) is 2.66. The molecule has 1 aliphatic carbocycles. The van der Waals surface area contributed by atoms with Crippen LogP contribution in [0, 0.1) is 5.92 Å². The van der Waals surface area contributed by atoms with Gasteiger partial charge in [0.1, 0.15) is 0 Å². The smallest absolute Gasteiger partial charge is 0.233 e. The van der Waals surface area contributed by atoms with Crippen molar-refractivity contribution >= 4 is 22.8 Å². The van der Waals surface area contributed by atoms with Crippen molar-refractivity contribution in [1.82, 2.24) is 4.90 Å². The zero-order chi connectivity index (χ0) is 9.54. The number of carbonyl (C=O) groups excluding carboxylic acids is 1. The molecular formula is C10H14N2OS. The number of carbonyl (C=O) groups is 1. The van der Waals surface area contributed by atoms with Gasteiger partial charge in [0.15, 0.2) is 5.17 Å². The molecule has 14 heavy (non-hydrogen) atoms. The van der Waals surface area contributed by atoms with Gasteiger partial charge in [0.2, 0.25) is 5.91 Å². The van der Waals surface area contributed by atoms with Crippen molar-refractivity contribution in [2.45, 2.75) is 31.7 Å². The summed E-state index contributed by atoms with van der Waals surface area (Å²) in [6, 6.07) is 0.313. The van der Waals surface area contributed by atoms with Crippen LogP contribution < -0.4 is 0 Å². The third kappa shape index (κ3) is 1.20. The van der Waals surface area contributed by atoms with Gasteiger partial charge in [0.25, 0.3) is 0 Å². The van der Waals surface area contributed by atoms with Crippen LogP contribution in [0.5, 0.6) is 0 Å². The van der Waals surface area contributed by atoms with Gasteiger partial charge in [0.05, 0.1) is 12.0 Å². The second-order valence-corrected chi connectivity index (χ2v) is 5.27. The first-order valence-corrected chi connectivity index (χ1v) is 6.37. The third-order valence-corrected chi connectivity index (χ3v) is 4.34. The Labute approximate surface area is 87.9 Å². The van der Waals surface area contributed by atoms with Gasteiger partial charge in [-0.1, -0.05) is 24.6 Å². The lowest BCUT2D eigenvalue weighted by atomic mass is 9.83. The molecule has 2 heterocycles. The molecule has 2 aliphatic heterocycles. The summed E-state index contributed by atoms with van der Waals surface area (Å²) in [4.78, 5) is 18.7. The Morgan fingerprint density at radius 3 is 3.14 bits per heavy atom. The van der Waals surface area contributed by atoms with Gasteiger partial charge >= 0.3 is 0 Å². The molecule has 3 rings (SSSR count). The van der Waals surface area contributed by atoms with Crippen LogP contribution in [-0.2, 0) is 4.79 Å². The average molecular weight is 210 g/mol. The molecule has 0 aromatic heterocycles. The van der Waals surface area contributed by atoms with E-state index in [9.17, 15) is 4.79 Å². The van der Waals surface area contributed by atoms with E-state index in [2.05, 4.69) is 0 Å². The van der Waals surface area contributed by atoms with Crippen LogP contribution in [0.25, 0.3) is 0 Å². The summed E-state index contributed by atoms with van der Waals surface area (Å²) in [5.74, 6) is 1.60. The highest BCUT2D eigenvalue weighted by molar-refractivity contribution is 8.14. The molecule has 1 amide bonds. The molecule has 0 aromatic rings. The number of fused-ring (bicyclic) bond motifs is 2. The van der Waals surface area contributed by atoms with E-state index in [0.29, 0.717) is 11.9 Å². The summed E-state index contributed by atoms with van der Waals surface area (Å²) < 4.78 is 0. The van der Waals surface area contributed by atoms with Crippen LogP contribution in [0.15, 0.2) is 4.99 Å². The molecule has 76 valence electrons. The van der Waals surface area contributed by atoms with Crippen molar-refractivity contribution < 1.29 is 4.79 Å². The number of thioether (sulfide) groups is 1. The van der Waals surface area contributed by atoms with E-state index in [1.807, 2.05) is 4.90 Å². The molecule has 2 atom stereocenters. The SMILES string of the molecule is O=C1[C@@H]2CCCC[C@H]2N=C2SCCN12. The van der Waals surface area contributed by atoms with Crippen molar-refractivity contribution in [3.05, 3.63) is 0 Å². The Hall–Kier alpha value is -0.510. The minimum Gasteiger partial charge on any atom is -0.290 e. The maximum Gasteiger partial charge on any atom is 0.233 e. The van der Waals surface area contributed by atoms with E-state index in [4.69, 9.17) is 4.99 Å². The summed E-state index contributed by atoms with van der Waals surface area (Å²) in [6.45, 7) is 0.881. The van der Waals surface area contributed by atoms with Crippen molar-refractivity contribution in [3.8, 4) is 0 Å². The monoisotopic (exact) mass is 210 g/mol. The Morgan fingerprint density at radius 1 is 1.36 bits per heavy atom. The van der Waals surface area contributed by atoms with E-state index in [1.54, 1.807) is 11.8 Å². The number of rotatable bonds is 0. The fourth-order valence-electron chi connectivity index (χ4n) is 2.61. The van der Waals surface area contributed by atoms with Gasteiger partial charge in [-0.2, -0.15) is 0 Å². The minimum atomic E-state index is 0.214. The van der Waals surface area contributed by atoms with Gasteiger partial charge in [-0.15, -0.1) is 0 Å². The van der Waals surface area contributed by atoms with Crippen LogP contribution in [0.2, 0.25) is 0 Å². The van der Waals surface area contributed by atoms with Crippen LogP contribution in [0.4, 0.5) is 0 Å².